The summed E-state index contributed by atoms with van der Waals surface area (Å²) in [6.45, 7) is 18.2. The maximum absolute atomic E-state index is 13.3. The number of furan rings is 1. The normalized spacial score (nSPS) is 20.6. The van der Waals surface area contributed by atoms with Crippen LogP contribution in [0.3, 0.4) is 0 Å². The van der Waals surface area contributed by atoms with Crippen LogP contribution in [0.5, 0.6) is 0 Å². The Hall–Kier alpha value is -3.01. The van der Waals surface area contributed by atoms with Gasteiger partial charge in [-0.25, -0.2) is 0 Å². The van der Waals surface area contributed by atoms with Crippen LogP contribution in [0.1, 0.15) is 91.6 Å². The van der Waals surface area contributed by atoms with E-state index in [-0.39, 0.29) is 22.8 Å². The molecule has 196 valence electrons. The Balaban J connectivity index is 1.30. The quantitative estimate of drug-likeness (QED) is 0.382. The van der Waals surface area contributed by atoms with Crippen LogP contribution in [0.15, 0.2) is 52.9 Å². The lowest BCUT2D eigenvalue weighted by molar-refractivity contribution is 0.0692. The van der Waals surface area contributed by atoms with E-state index in [4.69, 9.17) is 4.42 Å². The van der Waals surface area contributed by atoms with Gasteiger partial charge in [0.15, 0.2) is 5.76 Å². The second-order valence-corrected chi connectivity index (χ2v) is 12.7. The summed E-state index contributed by atoms with van der Waals surface area (Å²) in [5.41, 5.74) is 8.41. The third-order valence-corrected chi connectivity index (χ3v) is 8.79. The molecule has 4 nitrogen and oxygen atoms in total. The molecule has 1 aliphatic heterocycles. The molecule has 1 atom stereocenters. The van der Waals surface area contributed by atoms with Crippen molar-refractivity contribution in [1.29, 1.82) is 0 Å². The van der Waals surface area contributed by atoms with Crippen LogP contribution in [0, 0.1) is 13.8 Å². The molecule has 0 N–H and O–H groups in total. The number of amides is 1. The van der Waals surface area contributed by atoms with Crippen LogP contribution in [0.25, 0.3) is 0 Å². The summed E-state index contributed by atoms with van der Waals surface area (Å²) in [6.07, 6.45) is 3.12. The van der Waals surface area contributed by atoms with Crippen molar-refractivity contribution in [2.75, 3.05) is 24.5 Å². The minimum Gasteiger partial charge on any atom is -0.456 e. The van der Waals surface area contributed by atoms with E-state index in [0.29, 0.717) is 25.3 Å². The van der Waals surface area contributed by atoms with Crippen molar-refractivity contribution in [2.45, 2.75) is 84.6 Å². The molecule has 2 heterocycles. The summed E-state index contributed by atoms with van der Waals surface area (Å²) < 4.78 is 6.15. The molecule has 5 rings (SSSR count). The first-order valence-electron chi connectivity index (χ1n) is 13.8. The predicted octanol–water partition coefficient (Wildman–Crippen LogP) is 7.19. The summed E-state index contributed by atoms with van der Waals surface area (Å²) in [7, 11) is 0. The maximum atomic E-state index is 13.3. The number of benzene rings is 2. The second kappa shape index (κ2) is 9.38. The largest absolute Gasteiger partial charge is 0.456 e. The van der Waals surface area contributed by atoms with Gasteiger partial charge in [-0.15, -0.1) is 0 Å². The minimum absolute atomic E-state index is 0.00737. The number of piperazine rings is 1. The zero-order chi connectivity index (χ0) is 26.5. The van der Waals surface area contributed by atoms with Gasteiger partial charge in [-0.2, -0.15) is 0 Å². The molecule has 1 fully saturated rings. The van der Waals surface area contributed by atoms with Gasteiger partial charge in [0.1, 0.15) is 5.76 Å². The highest BCUT2D eigenvalue weighted by molar-refractivity contribution is 5.91. The number of hydrogen-bond acceptors (Lipinski definition) is 3. The van der Waals surface area contributed by atoms with E-state index in [1.54, 1.807) is 0 Å². The fourth-order valence-corrected chi connectivity index (χ4v) is 6.22. The third-order valence-electron chi connectivity index (χ3n) is 8.79. The highest BCUT2D eigenvalue weighted by Gasteiger charge is 2.37. The SMILES string of the molecule is Cc1cccc(N2CCN(C(=O)c3ccc(Cc4cc5c(cc4C)C(C)(C)CCC5(C)C)o3)CC2C)c1. The predicted molar refractivity (Wildman–Crippen MR) is 152 cm³/mol. The molecule has 2 aromatic carbocycles. The number of carbonyl (C=O) groups excluding carboxylic acids is 1. The molecular weight excluding hydrogens is 456 g/mol. The summed E-state index contributed by atoms with van der Waals surface area (Å²) >= 11 is 0. The lowest BCUT2D eigenvalue weighted by Crippen LogP contribution is -2.53. The fraction of sp³-hybridized carbons (Fsp3) is 0.485. The lowest BCUT2D eigenvalue weighted by atomic mass is 9.62. The van der Waals surface area contributed by atoms with Crippen LogP contribution in [-0.4, -0.2) is 36.5 Å². The van der Waals surface area contributed by atoms with E-state index in [1.165, 1.54) is 46.3 Å². The summed E-state index contributed by atoms with van der Waals surface area (Å²) in [5.74, 6) is 1.29. The average Bonchev–Trinajstić information content (AvgIpc) is 3.31. The maximum Gasteiger partial charge on any atom is 0.289 e. The number of rotatable bonds is 4. The first-order valence-corrected chi connectivity index (χ1v) is 13.8. The van der Waals surface area contributed by atoms with Gasteiger partial charge in [-0.1, -0.05) is 52.0 Å². The van der Waals surface area contributed by atoms with E-state index in [1.807, 2.05) is 17.0 Å². The molecule has 1 amide bonds. The molecule has 4 heteroatoms. The Labute approximate surface area is 222 Å². The molecule has 0 saturated carbocycles. The number of nitrogens with zero attached hydrogens (tertiary/aromatic N) is 2. The van der Waals surface area contributed by atoms with Gasteiger partial charge >= 0.3 is 0 Å². The van der Waals surface area contributed by atoms with Gasteiger partial charge in [-0.3, -0.25) is 4.79 Å². The number of aryl methyl sites for hydroxylation is 2. The molecule has 3 aromatic rings. The number of anilines is 1. The zero-order valence-corrected chi connectivity index (χ0v) is 23.6. The van der Waals surface area contributed by atoms with Crippen molar-refractivity contribution in [1.82, 2.24) is 4.90 Å². The molecule has 1 saturated heterocycles. The number of carbonyl (C=O) groups is 1. The van der Waals surface area contributed by atoms with Crippen molar-refractivity contribution < 1.29 is 9.21 Å². The van der Waals surface area contributed by atoms with Crippen LogP contribution < -0.4 is 4.90 Å². The van der Waals surface area contributed by atoms with E-state index in [0.717, 1.165) is 12.3 Å². The smallest absolute Gasteiger partial charge is 0.289 e. The molecule has 0 radical (unpaired) electrons. The van der Waals surface area contributed by atoms with E-state index < -0.39 is 0 Å². The van der Waals surface area contributed by atoms with Crippen molar-refractivity contribution >= 4 is 11.6 Å². The monoisotopic (exact) mass is 498 g/mol. The zero-order valence-electron chi connectivity index (χ0n) is 23.6. The molecule has 2 aliphatic rings. The first kappa shape index (κ1) is 25.6. The number of hydrogen-bond donors (Lipinski definition) is 0. The summed E-state index contributed by atoms with van der Waals surface area (Å²) in [4.78, 5) is 17.7. The average molecular weight is 499 g/mol. The fourth-order valence-electron chi connectivity index (χ4n) is 6.22. The topological polar surface area (TPSA) is 36.7 Å². The third kappa shape index (κ3) is 4.95. The van der Waals surface area contributed by atoms with Gasteiger partial charge in [0.05, 0.1) is 0 Å². The molecule has 37 heavy (non-hydrogen) atoms. The van der Waals surface area contributed by atoms with E-state index in [2.05, 4.69) is 89.8 Å². The van der Waals surface area contributed by atoms with E-state index in [9.17, 15) is 4.79 Å². The van der Waals surface area contributed by atoms with Gasteiger partial charge in [0, 0.05) is 37.8 Å². The van der Waals surface area contributed by atoms with Crippen molar-refractivity contribution in [3.63, 3.8) is 0 Å². The highest BCUT2D eigenvalue weighted by atomic mass is 16.4. The highest BCUT2D eigenvalue weighted by Crippen LogP contribution is 2.46. The van der Waals surface area contributed by atoms with E-state index >= 15 is 0 Å². The van der Waals surface area contributed by atoms with Gasteiger partial charge in [0.2, 0.25) is 0 Å². The Morgan fingerprint density at radius 3 is 2.32 bits per heavy atom. The first-order chi connectivity index (χ1) is 17.4. The molecular formula is C33H42N2O2. The molecule has 0 spiro atoms. The van der Waals surface area contributed by atoms with Crippen molar-refractivity contribution in [3.8, 4) is 0 Å². The lowest BCUT2D eigenvalue weighted by Gasteiger charge is -2.42. The minimum atomic E-state index is -0.00737. The number of fused-ring (bicyclic) bond motifs is 1. The molecule has 1 unspecified atom stereocenters. The van der Waals surface area contributed by atoms with Gasteiger partial charge in [-0.05, 0) is 96.5 Å². The van der Waals surface area contributed by atoms with Crippen LogP contribution >= 0.6 is 0 Å². The standard InChI is InChI=1S/C33H42N2O2/c1-22-9-8-10-26(17-22)35-16-15-34(21-24(35)3)31(36)30-12-11-27(37-30)19-25-20-29-28(18-23(25)2)32(4,5)13-14-33(29,6)7/h8-12,17-18,20,24H,13-16,19,21H2,1-7H3. The summed E-state index contributed by atoms with van der Waals surface area (Å²) in [6, 6.07) is 17.5. The molecule has 1 aromatic heterocycles. The van der Waals surface area contributed by atoms with Crippen molar-refractivity contribution in [2.24, 2.45) is 0 Å². The van der Waals surface area contributed by atoms with Crippen LogP contribution in [0.2, 0.25) is 0 Å². The molecule has 1 aliphatic carbocycles. The Morgan fingerprint density at radius 2 is 1.65 bits per heavy atom. The van der Waals surface area contributed by atoms with Gasteiger partial charge < -0.3 is 14.2 Å². The van der Waals surface area contributed by atoms with Gasteiger partial charge in [0.25, 0.3) is 5.91 Å². The Kier molecular flexibility index (Phi) is 6.50. The van der Waals surface area contributed by atoms with Crippen LogP contribution in [-0.2, 0) is 17.3 Å². The second-order valence-electron chi connectivity index (χ2n) is 12.7. The Bertz CT molecular complexity index is 1320. The van der Waals surface area contributed by atoms with Crippen LogP contribution in [0.4, 0.5) is 5.69 Å². The Morgan fingerprint density at radius 1 is 0.946 bits per heavy atom. The summed E-state index contributed by atoms with van der Waals surface area (Å²) in [5, 5.41) is 0. The van der Waals surface area contributed by atoms with Crippen molar-refractivity contribution in [3.05, 3.63) is 87.9 Å². The molecule has 0 bridgehead atoms.